The maximum Gasteiger partial charge on any atom is 0.552 e. The average Bonchev–Trinajstić information content (AvgIpc) is 3.85. The number of aliphatic carboxylic acids is 1. The van der Waals surface area contributed by atoms with Gasteiger partial charge in [0.15, 0.2) is 22.9 Å². The molecule has 14 heteroatoms. The van der Waals surface area contributed by atoms with E-state index in [2.05, 4.69) is 62.6 Å². The van der Waals surface area contributed by atoms with Crippen LogP contribution in [0.4, 0.5) is 0 Å². The first-order valence-electron chi connectivity index (χ1n) is 19.3. The first-order valence-corrected chi connectivity index (χ1v) is 19.3. The van der Waals surface area contributed by atoms with E-state index in [1.807, 2.05) is 13.0 Å². The van der Waals surface area contributed by atoms with Crippen molar-refractivity contribution in [3.63, 3.8) is 0 Å². The van der Waals surface area contributed by atoms with Crippen molar-refractivity contribution in [2.45, 2.75) is 66.2 Å². The van der Waals surface area contributed by atoms with Gasteiger partial charge in [0.1, 0.15) is 0 Å². The number of carboxylic acid groups (broad SMARTS) is 1. The molecular weight excluding hydrogens is 706 g/mol. The summed E-state index contributed by atoms with van der Waals surface area (Å²) >= 11 is 0. The predicted molar refractivity (Wildman–Crippen MR) is 201 cm³/mol. The second-order valence-corrected chi connectivity index (χ2v) is 15.3. The molecule has 55 heavy (non-hydrogen) atoms. The van der Waals surface area contributed by atoms with Crippen molar-refractivity contribution in [2.75, 3.05) is 46.7 Å². The monoisotopic (exact) mass is 755 g/mol. The number of aromatic nitrogens is 2. The number of allylic oxidation sites excluding steroid dienone is 2. The van der Waals surface area contributed by atoms with E-state index in [9.17, 15) is 24.3 Å². The molecule has 1 amide bonds. The lowest BCUT2D eigenvalue weighted by atomic mass is 9.83. The van der Waals surface area contributed by atoms with Crippen molar-refractivity contribution in [1.82, 2.24) is 14.5 Å². The second-order valence-electron chi connectivity index (χ2n) is 15.3. The van der Waals surface area contributed by atoms with Gasteiger partial charge in [-0.05, 0) is 38.3 Å². The predicted octanol–water partition coefficient (Wildman–Crippen LogP) is 1.62. The van der Waals surface area contributed by atoms with Crippen molar-refractivity contribution < 1.29 is 52.8 Å². The smallest absolute Gasteiger partial charge is 0.481 e. The highest BCUT2D eigenvalue weighted by Gasteiger charge is 2.75. The van der Waals surface area contributed by atoms with Gasteiger partial charge in [0.2, 0.25) is 5.70 Å². The zero-order chi connectivity index (χ0) is 39.1. The fourth-order valence-corrected chi connectivity index (χ4v) is 10.3. The summed E-state index contributed by atoms with van der Waals surface area (Å²) in [6.45, 7) is 11.3. The standard InChI is InChI=1S/C41H47N5O9/c1-7-26-21(2)30-20-34-37(24(5)48)23(4)32-19-31-22(3)27(8-9-35(49)50)38-28(18-36(51)53-6)39-29(40(52)42-10-12-54-14-15-55-13-11-47)16-25-17-33(26)44(30)41(43(25)39,45(32)34)46(31)38/h16-17,19-22,26-27,47H,7-15,18H2,1-6H3/p+2/t21-,22+,26-,27+,41+/m1/s1. The molecule has 6 aliphatic rings. The number of Topliss-reactive ketones (excluding diaryl/α,β-unsaturated/α-hetero) is 1. The number of carbonyl (C=O) groups is 4. The van der Waals surface area contributed by atoms with Gasteiger partial charge in [-0.25, -0.2) is 0 Å². The van der Waals surface area contributed by atoms with Gasteiger partial charge in [0, 0.05) is 36.8 Å². The summed E-state index contributed by atoms with van der Waals surface area (Å²) in [6.07, 6.45) is 7.42. The Bertz CT molecular complexity index is 2340. The largest absolute Gasteiger partial charge is 0.552 e. The molecule has 0 aliphatic carbocycles. The highest BCUT2D eigenvalue weighted by molar-refractivity contribution is 6.14. The first-order chi connectivity index (χ1) is 26.4. The molecule has 0 fully saturated rings. The molecular formula is C41H49N5O9+2. The maximum absolute atomic E-state index is 14.5. The van der Waals surface area contributed by atoms with Crippen molar-refractivity contribution >= 4 is 58.9 Å². The number of rotatable bonds is 16. The Balaban J connectivity index is 1.42. The number of hydrogen-bond acceptors (Lipinski definition) is 8. The number of nitrogens with one attached hydrogen (secondary N) is 1. The molecule has 3 N–H and O–H groups in total. The zero-order valence-corrected chi connectivity index (χ0v) is 32.2. The van der Waals surface area contributed by atoms with Gasteiger partial charge in [-0.2, -0.15) is 9.13 Å². The Morgan fingerprint density at radius 2 is 1.64 bits per heavy atom. The van der Waals surface area contributed by atoms with Crippen LogP contribution in [0.2, 0.25) is 0 Å². The molecule has 0 bridgehead atoms. The van der Waals surface area contributed by atoms with Crippen LogP contribution in [0.25, 0.3) is 23.8 Å². The third kappa shape index (κ3) is 5.10. The minimum atomic E-state index is -1.18. The van der Waals surface area contributed by atoms with Gasteiger partial charge < -0.3 is 29.7 Å². The Kier molecular flexibility index (Phi) is 9.21. The number of methoxy groups -OCH3 is 1. The van der Waals surface area contributed by atoms with Crippen LogP contribution in [-0.2, 0) is 29.7 Å². The average molecular weight is 756 g/mol. The number of aliphatic hydroxyl groups excluding tert-OH is 1. The van der Waals surface area contributed by atoms with E-state index in [4.69, 9.17) is 19.3 Å². The van der Waals surface area contributed by atoms with Gasteiger partial charge in [-0.1, -0.05) is 29.9 Å². The van der Waals surface area contributed by atoms with Crippen LogP contribution < -0.4 is 16.0 Å². The second kappa shape index (κ2) is 13.7. The minimum absolute atomic E-state index is 0.0422. The van der Waals surface area contributed by atoms with Gasteiger partial charge >= 0.3 is 17.8 Å². The van der Waals surface area contributed by atoms with Crippen molar-refractivity contribution in [2.24, 2.45) is 23.7 Å². The molecule has 0 radical (unpaired) electrons. The summed E-state index contributed by atoms with van der Waals surface area (Å²) in [5.41, 5.74) is 7.78. The van der Waals surface area contributed by atoms with Crippen LogP contribution in [0.5, 0.6) is 0 Å². The van der Waals surface area contributed by atoms with E-state index in [0.29, 0.717) is 42.0 Å². The lowest BCUT2D eigenvalue weighted by Crippen LogP contribution is -2.70. The molecule has 8 rings (SSSR count). The van der Waals surface area contributed by atoms with Gasteiger partial charge in [0.25, 0.3) is 5.91 Å². The molecule has 5 atom stereocenters. The van der Waals surface area contributed by atoms with E-state index in [1.165, 1.54) is 7.11 Å². The number of carbonyl (C=O) groups excluding carboxylic acids is 3. The highest BCUT2D eigenvalue weighted by atomic mass is 16.5. The van der Waals surface area contributed by atoms with Crippen LogP contribution in [0.1, 0.15) is 91.0 Å². The molecule has 2 aromatic rings. The van der Waals surface area contributed by atoms with Crippen molar-refractivity contribution in [3.8, 4) is 0 Å². The molecule has 0 saturated carbocycles. The number of amides is 1. The minimum Gasteiger partial charge on any atom is -0.481 e. The summed E-state index contributed by atoms with van der Waals surface area (Å²) < 4.78 is 25.3. The lowest BCUT2D eigenvalue weighted by Gasteiger charge is -2.39. The molecule has 0 saturated heterocycles. The Labute approximate surface area is 318 Å². The number of esters is 1. The third-order valence-electron chi connectivity index (χ3n) is 12.5. The van der Waals surface area contributed by atoms with Crippen LogP contribution in [0, 0.1) is 30.6 Å². The van der Waals surface area contributed by atoms with Crippen LogP contribution in [-0.4, -0.2) is 110 Å². The quantitative estimate of drug-likeness (QED) is 0.100. The van der Waals surface area contributed by atoms with Crippen LogP contribution >= 0.6 is 0 Å². The number of ether oxygens (including phenoxy) is 3. The van der Waals surface area contributed by atoms with Gasteiger partial charge in [0.05, 0.1) is 103 Å². The molecule has 0 aromatic carbocycles. The van der Waals surface area contributed by atoms with Gasteiger partial charge in [-0.3, -0.25) is 19.2 Å². The zero-order valence-electron chi connectivity index (χ0n) is 32.2. The summed E-state index contributed by atoms with van der Waals surface area (Å²) in [4.78, 5) is 53.7. The topological polar surface area (TPSA) is 164 Å². The van der Waals surface area contributed by atoms with Crippen molar-refractivity contribution in [1.29, 1.82) is 0 Å². The van der Waals surface area contributed by atoms with Gasteiger partial charge in [-0.15, -0.1) is 0 Å². The number of nitrogens with zero attached hydrogens (tertiary/aromatic N) is 4. The maximum atomic E-state index is 14.5. The van der Waals surface area contributed by atoms with Crippen molar-refractivity contribution in [3.05, 3.63) is 56.2 Å². The molecule has 6 aliphatic heterocycles. The van der Waals surface area contributed by atoms with Crippen LogP contribution in [0.15, 0.2) is 17.5 Å². The molecule has 8 heterocycles. The van der Waals surface area contributed by atoms with E-state index in [1.54, 1.807) is 6.92 Å². The molecule has 2 aromatic heterocycles. The lowest BCUT2D eigenvalue weighted by molar-refractivity contribution is -0.838. The molecule has 1 spiro atoms. The summed E-state index contributed by atoms with van der Waals surface area (Å²) in [5, 5.41) is 23.6. The number of ketones is 1. The van der Waals surface area contributed by atoms with E-state index in [0.717, 1.165) is 51.2 Å². The third-order valence-corrected chi connectivity index (χ3v) is 12.5. The Morgan fingerprint density at radius 1 is 0.945 bits per heavy atom. The fourth-order valence-electron chi connectivity index (χ4n) is 10.3. The highest BCUT2D eigenvalue weighted by Crippen LogP contribution is 2.55. The number of hydrogen-bond donors (Lipinski definition) is 3. The van der Waals surface area contributed by atoms with E-state index < -0.39 is 17.8 Å². The van der Waals surface area contributed by atoms with E-state index >= 15 is 0 Å². The SMILES string of the molecule is CC[C@H]1C2=Cc3cc(C(=O)NCCOCCOCCO)c4n3[C@@]35n6c(c(C)c(C(C)=O)c6=CC(=[N+]23)[C@@H]1C)=CC1=[N+]5C(=C4CC(=O)OC)[C@@H](CCC(=O)O)[C@@H]1C. The Morgan fingerprint density at radius 3 is 2.31 bits per heavy atom. The summed E-state index contributed by atoms with van der Waals surface area (Å²) in [6, 6.07) is 1.90. The fraction of sp³-hybridized carbons (Fsp3) is 0.512. The number of carboxylic acids is 1. The number of aliphatic hydroxyl groups is 1. The normalized spacial score (nSPS) is 24.7. The summed E-state index contributed by atoms with van der Waals surface area (Å²) in [5.74, 6) is -3.20. The van der Waals surface area contributed by atoms with E-state index in [-0.39, 0.29) is 74.6 Å². The van der Waals surface area contributed by atoms with Crippen LogP contribution in [0.3, 0.4) is 0 Å². The molecule has 0 unspecified atom stereocenters. The molecule has 14 nitrogen and oxygen atoms in total. The Hall–Kier alpha value is -4.92. The summed E-state index contributed by atoms with van der Waals surface area (Å²) in [7, 11) is 1.34. The first kappa shape index (κ1) is 37.0. The molecule has 290 valence electrons.